The summed E-state index contributed by atoms with van der Waals surface area (Å²) in [6, 6.07) is 24.7. The van der Waals surface area contributed by atoms with Crippen LogP contribution in [-0.2, 0) is 52.4 Å². The maximum atomic E-state index is 16.3. The van der Waals surface area contributed by atoms with Crippen molar-refractivity contribution in [2.45, 2.75) is 69.8 Å². The third-order valence-corrected chi connectivity index (χ3v) is 9.35. The normalized spacial score (nSPS) is 22.3. The minimum Gasteiger partial charge on any atom is -0.374 e. The zero-order chi connectivity index (χ0) is 32.3. The van der Waals surface area contributed by atoms with E-state index in [2.05, 4.69) is 0 Å². The number of nitro groups is 1. The predicted octanol–water partition coefficient (Wildman–Crippen LogP) is 6.65. The van der Waals surface area contributed by atoms with E-state index in [4.69, 9.17) is 28.0 Å². The number of rotatable bonds is 17. The summed E-state index contributed by atoms with van der Waals surface area (Å²) in [5.41, 5.74) is -2.23. The van der Waals surface area contributed by atoms with E-state index in [1.165, 1.54) is 13.8 Å². The smallest absolute Gasteiger partial charge is 0.374 e. The van der Waals surface area contributed by atoms with Crippen LogP contribution in [0.3, 0.4) is 0 Å². The second-order valence-corrected chi connectivity index (χ2v) is 12.4. The van der Waals surface area contributed by atoms with Crippen LogP contribution in [0.4, 0.5) is 8.78 Å². The van der Waals surface area contributed by atoms with Crippen LogP contribution in [0.25, 0.3) is 0 Å². The fourth-order valence-corrected chi connectivity index (χ4v) is 6.70. The Labute approximate surface area is 261 Å². The quantitative estimate of drug-likeness (QED) is 0.0901. The van der Waals surface area contributed by atoms with E-state index in [-0.39, 0.29) is 39.6 Å². The summed E-state index contributed by atoms with van der Waals surface area (Å²) >= 11 is 0. The van der Waals surface area contributed by atoms with Gasteiger partial charge in [0.05, 0.1) is 39.6 Å². The van der Waals surface area contributed by atoms with Crippen LogP contribution in [0.15, 0.2) is 91.0 Å². The van der Waals surface area contributed by atoms with E-state index in [1.807, 2.05) is 36.4 Å². The Hall–Kier alpha value is -3.09. The minimum atomic E-state index is -5.25. The van der Waals surface area contributed by atoms with Gasteiger partial charge in [-0.3, -0.25) is 14.7 Å². The van der Waals surface area contributed by atoms with Gasteiger partial charge in [0.25, 0.3) is 6.04 Å². The first kappa shape index (κ1) is 34.8. The molecule has 0 unspecified atom stereocenters. The lowest BCUT2D eigenvalue weighted by molar-refractivity contribution is -0.567. The molecule has 0 radical (unpaired) electrons. The summed E-state index contributed by atoms with van der Waals surface area (Å²) < 4.78 is 80.1. The van der Waals surface area contributed by atoms with Gasteiger partial charge in [-0.05, 0) is 30.5 Å². The third kappa shape index (κ3) is 8.80. The first-order valence-electron chi connectivity index (χ1n) is 14.7. The maximum absolute atomic E-state index is 16.3. The van der Waals surface area contributed by atoms with Crippen LogP contribution >= 0.6 is 7.60 Å². The molecule has 45 heavy (non-hydrogen) atoms. The largest absolute Gasteiger partial charge is 0.402 e. The first-order chi connectivity index (χ1) is 21.7. The van der Waals surface area contributed by atoms with Gasteiger partial charge in [0, 0.05) is 4.92 Å². The van der Waals surface area contributed by atoms with Crippen LogP contribution < -0.4 is 0 Å². The molecule has 0 aromatic heterocycles. The second-order valence-electron chi connectivity index (χ2n) is 10.3. The summed E-state index contributed by atoms with van der Waals surface area (Å²) in [4.78, 5) is 11.7. The zero-order valence-electron chi connectivity index (χ0n) is 25.1. The Balaban J connectivity index is 1.73. The third-order valence-electron chi connectivity index (χ3n) is 7.17. The monoisotopic (exact) mass is 649 g/mol. The van der Waals surface area contributed by atoms with Crippen molar-refractivity contribution >= 4 is 7.60 Å². The molecule has 5 atom stereocenters. The van der Waals surface area contributed by atoms with Crippen molar-refractivity contribution in [3.63, 3.8) is 0 Å². The molecule has 1 fully saturated rings. The zero-order valence-corrected chi connectivity index (χ0v) is 26.0. The van der Waals surface area contributed by atoms with E-state index < -0.39 is 48.6 Å². The molecule has 3 aromatic rings. The highest BCUT2D eigenvalue weighted by atomic mass is 31.2. The lowest BCUT2D eigenvalue weighted by atomic mass is 9.92. The molecule has 0 spiro atoms. The van der Waals surface area contributed by atoms with Gasteiger partial charge in [0.1, 0.15) is 12.2 Å². The molecule has 0 aliphatic carbocycles. The number of hydrogen-bond acceptors (Lipinski definition) is 9. The standard InChI is InChI=1S/C32H38F2NO9P/c1-3-42-45(38,43-4-2)32(33,34)31-28(35(36)37)30(41-22-26-18-12-7-13-19-26)29(40-21-25-16-10-6-11-17-25)27(44-31)23-39-20-24-14-8-5-9-15-24/h5-19,27-31H,3-4,20-23H2,1-2H3/t27-,28-,29-,30-,31-/m1/s1. The second kappa shape index (κ2) is 16.5. The molecule has 1 heterocycles. The summed E-state index contributed by atoms with van der Waals surface area (Å²) in [6.07, 6.45) is -6.66. The Morgan fingerprint density at radius 3 is 1.67 bits per heavy atom. The van der Waals surface area contributed by atoms with E-state index in [0.717, 1.165) is 11.1 Å². The van der Waals surface area contributed by atoms with Gasteiger partial charge in [-0.15, -0.1) is 0 Å². The van der Waals surface area contributed by atoms with E-state index in [1.54, 1.807) is 54.6 Å². The summed E-state index contributed by atoms with van der Waals surface area (Å²) in [5.74, 6) is 0. The molecular weight excluding hydrogens is 611 g/mol. The molecule has 10 nitrogen and oxygen atoms in total. The fourth-order valence-electron chi connectivity index (χ4n) is 5.08. The molecule has 3 aromatic carbocycles. The summed E-state index contributed by atoms with van der Waals surface area (Å²) in [6.45, 7) is 1.62. The molecule has 244 valence electrons. The van der Waals surface area contributed by atoms with Crippen LogP contribution in [0, 0.1) is 10.1 Å². The Bertz CT molecular complexity index is 1360. The number of benzene rings is 3. The van der Waals surface area contributed by atoms with Gasteiger partial charge in [0.15, 0.2) is 6.10 Å². The van der Waals surface area contributed by atoms with Crippen molar-refractivity contribution in [1.82, 2.24) is 0 Å². The number of nitrogens with zero attached hydrogens (tertiary/aromatic N) is 1. The van der Waals surface area contributed by atoms with Gasteiger partial charge in [-0.25, -0.2) is 0 Å². The molecule has 1 aliphatic heterocycles. The minimum absolute atomic E-state index is 0.0167. The van der Waals surface area contributed by atoms with Crippen molar-refractivity contribution < 1.29 is 46.3 Å². The van der Waals surface area contributed by atoms with Crippen LogP contribution in [-0.4, -0.2) is 60.9 Å². The fraction of sp³-hybridized carbons (Fsp3) is 0.438. The van der Waals surface area contributed by atoms with Gasteiger partial charge in [-0.1, -0.05) is 91.0 Å². The van der Waals surface area contributed by atoms with Crippen molar-refractivity contribution in [2.75, 3.05) is 19.8 Å². The van der Waals surface area contributed by atoms with Gasteiger partial charge < -0.3 is 28.0 Å². The molecule has 13 heteroatoms. The van der Waals surface area contributed by atoms with E-state index in [0.29, 0.717) is 5.56 Å². The Morgan fingerprint density at radius 2 is 1.22 bits per heavy atom. The predicted molar refractivity (Wildman–Crippen MR) is 161 cm³/mol. The highest BCUT2D eigenvalue weighted by molar-refractivity contribution is 7.55. The number of ether oxygens (including phenoxy) is 4. The van der Waals surface area contributed by atoms with Gasteiger partial charge >= 0.3 is 13.3 Å². The van der Waals surface area contributed by atoms with Crippen molar-refractivity contribution in [3.8, 4) is 0 Å². The molecular formula is C32H38F2NO9P. The average Bonchev–Trinajstić information content (AvgIpc) is 3.04. The molecule has 4 rings (SSSR count). The van der Waals surface area contributed by atoms with Gasteiger partial charge in [-0.2, -0.15) is 8.78 Å². The first-order valence-corrected chi connectivity index (χ1v) is 16.2. The molecule has 1 saturated heterocycles. The topological polar surface area (TPSA) is 116 Å². The van der Waals surface area contributed by atoms with Crippen molar-refractivity contribution in [1.29, 1.82) is 0 Å². The Morgan fingerprint density at radius 1 is 0.778 bits per heavy atom. The highest BCUT2D eigenvalue weighted by Crippen LogP contribution is 2.65. The van der Waals surface area contributed by atoms with Crippen LogP contribution in [0.2, 0.25) is 0 Å². The van der Waals surface area contributed by atoms with Crippen molar-refractivity contribution in [3.05, 3.63) is 118 Å². The molecule has 0 N–H and O–H groups in total. The van der Waals surface area contributed by atoms with Gasteiger partial charge in [0.2, 0.25) is 6.10 Å². The van der Waals surface area contributed by atoms with Crippen LogP contribution in [0.5, 0.6) is 0 Å². The average molecular weight is 650 g/mol. The SMILES string of the molecule is CCOP(=O)(OCC)C(F)(F)[C@@H]1O[C@H](COCc2ccccc2)[C@@H](OCc2ccccc2)[C@H](OCc2ccccc2)[C@H]1[N+](=O)[O-]. The summed E-state index contributed by atoms with van der Waals surface area (Å²) in [7, 11) is -5.25. The van der Waals surface area contributed by atoms with Crippen molar-refractivity contribution in [2.24, 2.45) is 0 Å². The molecule has 1 aliphatic rings. The highest BCUT2D eigenvalue weighted by Gasteiger charge is 2.70. The molecule has 0 amide bonds. The number of hydrogen-bond donors (Lipinski definition) is 0. The molecule has 0 saturated carbocycles. The lowest BCUT2D eigenvalue weighted by Gasteiger charge is -2.45. The number of alkyl halides is 2. The number of halogens is 2. The Kier molecular flexibility index (Phi) is 12.7. The molecule has 0 bridgehead atoms. The van der Waals surface area contributed by atoms with E-state index in [9.17, 15) is 14.7 Å². The maximum Gasteiger partial charge on any atom is 0.402 e. The van der Waals surface area contributed by atoms with E-state index >= 15 is 8.78 Å². The lowest BCUT2D eigenvalue weighted by Crippen LogP contribution is -2.66. The summed E-state index contributed by atoms with van der Waals surface area (Å²) in [5, 5.41) is 12.7. The van der Waals surface area contributed by atoms with Crippen LogP contribution in [0.1, 0.15) is 30.5 Å².